The van der Waals surface area contributed by atoms with Crippen LogP contribution in [0.2, 0.25) is 0 Å². The zero-order valence-electron chi connectivity index (χ0n) is 23.5. The molecule has 0 aliphatic carbocycles. The van der Waals surface area contributed by atoms with Gasteiger partial charge >= 0.3 is 0 Å². The fraction of sp³-hybridized carbons (Fsp3) is 0.481. The minimum Gasteiger partial charge on any atom is -0.492 e. The lowest BCUT2D eigenvalue weighted by Crippen LogP contribution is -2.78. The number of amides is 2. The Bertz CT molecular complexity index is 1500. The number of carbonyl (C=O) groups excluding carboxylic acids is 2. The summed E-state index contributed by atoms with van der Waals surface area (Å²) in [6.07, 6.45) is 3.72. The molecular formula is C27H34N10O5. The van der Waals surface area contributed by atoms with Crippen LogP contribution in [0.3, 0.4) is 0 Å². The summed E-state index contributed by atoms with van der Waals surface area (Å²) in [5.74, 6) is -3.25. The Morgan fingerprint density at radius 3 is 2.67 bits per heavy atom. The summed E-state index contributed by atoms with van der Waals surface area (Å²) >= 11 is 0. The maximum atomic E-state index is 13.6. The molecule has 4 atom stereocenters. The Hall–Kier alpha value is -4.50. The number of carbonyl (C=O) groups is 2. The number of aliphatic imine (C=N–C) groups is 2. The number of ether oxygens (including phenoxy) is 1. The fourth-order valence-corrected chi connectivity index (χ4v) is 6.36. The van der Waals surface area contributed by atoms with Gasteiger partial charge in [-0.1, -0.05) is 26.0 Å². The van der Waals surface area contributed by atoms with Crippen LogP contribution in [0.25, 0.3) is 0 Å². The largest absolute Gasteiger partial charge is 0.492 e. The highest BCUT2D eigenvalue weighted by atomic mass is 16.5. The smallest absolute Gasteiger partial charge is 0.291 e. The van der Waals surface area contributed by atoms with Crippen LogP contribution in [0.4, 0.5) is 0 Å². The van der Waals surface area contributed by atoms with Crippen LogP contribution in [0, 0.1) is 0 Å². The Morgan fingerprint density at radius 1 is 1.19 bits per heavy atom. The summed E-state index contributed by atoms with van der Waals surface area (Å²) in [7, 11) is 1.55. The van der Waals surface area contributed by atoms with Gasteiger partial charge in [-0.25, -0.2) is 20.0 Å². The quantitative estimate of drug-likeness (QED) is 0.215. The number of nitrogens with one attached hydrogen (secondary N) is 2. The molecule has 1 spiro atoms. The van der Waals surface area contributed by atoms with Gasteiger partial charge in [-0.3, -0.25) is 9.59 Å². The lowest BCUT2D eigenvalue weighted by molar-refractivity contribution is -0.230. The number of nitrogens with two attached hydrogens (primary N) is 2. The van der Waals surface area contributed by atoms with Crippen molar-refractivity contribution in [2.75, 3.05) is 26.7 Å². The molecule has 222 valence electrons. The SMILES string of the molecule is CN(CC1N=C(N)N2CC(NC(=O)c3cccc4c3OCCC4(C)C)C(O)(O)C23NC(N)=N[C@@H]13)C(=O)c1ncccn1. The standard InChI is InChI=1S/C27H34N10O5/c1-25(2)8-11-42-18-14(6-4-7-15(18)25)21(38)33-17-13-37-24(29)32-16(12-36(3)22(39)20-30-9-5-10-31-20)19-26(37,27(17,40)41)35-23(28)34-19/h4-7,9-10,16-17,19,40-41H,8,11-13H2,1-3H3,(H2,29,32)(H,33,38)(H3,28,34,35)/t16?,17?,19-,26?/m0/s1. The molecule has 15 heteroatoms. The third kappa shape index (κ3) is 4.02. The lowest BCUT2D eigenvalue weighted by Gasteiger charge is -2.49. The zero-order valence-corrected chi connectivity index (χ0v) is 23.5. The van der Waals surface area contributed by atoms with Gasteiger partial charge in [0.1, 0.15) is 17.8 Å². The molecule has 3 unspecified atom stereocenters. The number of guanidine groups is 2. The maximum absolute atomic E-state index is 13.6. The molecule has 0 radical (unpaired) electrons. The van der Waals surface area contributed by atoms with Crippen LogP contribution >= 0.6 is 0 Å². The van der Waals surface area contributed by atoms with Gasteiger partial charge in [0, 0.05) is 38.1 Å². The highest BCUT2D eigenvalue weighted by Crippen LogP contribution is 2.45. The van der Waals surface area contributed by atoms with Gasteiger partial charge in [0.25, 0.3) is 11.8 Å². The van der Waals surface area contributed by atoms with Gasteiger partial charge < -0.3 is 46.9 Å². The molecule has 4 aliphatic heterocycles. The van der Waals surface area contributed by atoms with E-state index in [9.17, 15) is 19.8 Å². The molecule has 8 N–H and O–H groups in total. The summed E-state index contributed by atoms with van der Waals surface area (Å²) in [6, 6.07) is 3.90. The molecular weight excluding hydrogens is 544 g/mol. The van der Waals surface area contributed by atoms with Crippen molar-refractivity contribution in [1.29, 1.82) is 0 Å². The van der Waals surface area contributed by atoms with Crippen molar-refractivity contribution in [3.63, 3.8) is 0 Å². The number of hydrogen-bond donors (Lipinski definition) is 6. The molecule has 1 fully saturated rings. The van der Waals surface area contributed by atoms with Crippen LogP contribution in [0.5, 0.6) is 5.75 Å². The average molecular weight is 579 g/mol. The first-order valence-corrected chi connectivity index (χ1v) is 13.6. The van der Waals surface area contributed by atoms with Crippen LogP contribution in [-0.2, 0) is 5.41 Å². The number of nitrogens with zero attached hydrogens (tertiary/aromatic N) is 6. The van der Waals surface area contributed by atoms with Gasteiger partial charge in [0.05, 0.1) is 18.2 Å². The molecule has 15 nitrogen and oxygen atoms in total. The minimum atomic E-state index is -2.63. The van der Waals surface area contributed by atoms with Crippen LogP contribution < -0.4 is 26.8 Å². The number of aliphatic hydroxyl groups is 2. The van der Waals surface area contributed by atoms with Gasteiger partial charge in [-0.05, 0) is 24.0 Å². The summed E-state index contributed by atoms with van der Waals surface area (Å²) in [5, 5.41) is 29.2. The predicted molar refractivity (Wildman–Crippen MR) is 150 cm³/mol. The summed E-state index contributed by atoms with van der Waals surface area (Å²) < 4.78 is 5.90. The van der Waals surface area contributed by atoms with Crippen LogP contribution in [-0.4, -0.2) is 110 Å². The second-order valence-corrected chi connectivity index (χ2v) is 11.7. The van der Waals surface area contributed by atoms with Crippen molar-refractivity contribution in [3.05, 3.63) is 53.6 Å². The van der Waals surface area contributed by atoms with E-state index in [-0.39, 0.29) is 41.8 Å². The highest BCUT2D eigenvalue weighted by molar-refractivity contribution is 5.98. The molecule has 6 rings (SSSR count). The number of benzene rings is 1. The second-order valence-electron chi connectivity index (χ2n) is 11.7. The van der Waals surface area contributed by atoms with Crippen molar-refractivity contribution in [2.24, 2.45) is 21.5 Å². The molecule has 0 saturated carbocycles. The fourth-order valence-electron chi connectivity index (χ4n) is 6.36. The van der Waals surface area contributed by atoms with Crippen molar-refractivity contribution >= 4 is 23.7 Å². The third-order valence-corrected chi connectivity index (χ3v) is 8.63. The zero-order chi connectivity index (χ0) is 30.0. The van der Waals surface area contributed by atoms with Crippen molar-refractivity contribution in [2.45, 2.75) is 55.3 Å². The number of likely N-dealkylation sites (N-methyl/N-ethyl adjacent to an activating group) is 1. The van der Waals surface area contributed by atoms with Gasteiger partial charge in [0.15, 0.2) is 17.6 Å². The lowest BCUT2D eigenvalue weighted by atomic mass is 9.79. The van der Waals surface area contributed by atoms with Gasteiger partial charge in [-0.15, -0.1) is 0 Å². The average Bonchev–Trinajstić information content (AvgIpc) is 3.42. The third-order valence-electron chi connectivity index (χ3n) is 8.63. The number of fused-ring (bicyclic) bond motifs is 1. The van der Waals surface area contributed by atoms with E-state index in [1.807, 2.05) is 6.07 Å². The van der Waals surface area contributed by atoms with E-state index in [0.29, 0.717) is 12.4 Å². The van der Waals surface area contributed by atoms with Crippen molar-refractivity contribution in [1.82, 2.24) is 30.4 Å². The normalized spacial score (nSPS) is 28.2. The molecule has 0 bridgehead atoms. The molecule has 5 heterocycles. The molecule has 42 heavy (non-hydrogen) atoms. The number of rotatable bonds is 5. The molecule has 1 aromatic heterocycles. The van der Waals surface area contributed by atoms with E-state index >= 15 is 0 Å². The Balaban J connectivity index is 1.28. The molecule has 4 aliphatic rings. The first kappa shape index (κ1) is 27.7. The van der Waals surface area contributed by atoms with Crippen molar-refractivity contribution in [3.8, 4) is 5.75 Å². The van der Waals surface area contributed by atoms with Crippen LogP contribution in [0.15, 0.2) is 46.6 Å². The van der Waals surface area contributed by atoms with Gasteiger partial charge in [0.2, 0.25) is 11.6 Å². The van der Waals surface area contributed by atoms with Gasteiger partial charge in [-0.2, -0.15) is 0 Å². The number of para-hydroxylation sites is 1. The Kier molecular flexibility index (Phi) is 6.27. The Labute approximate surface area is 241 Å². The minimum absolute atomic E-state index is 0.00515. The molecule has 2 amide bonds. The summed E-state index contributed by atoms with van der Waals surface area (Å²) in [6.45, 7) is 4.51. The van der Waals surface area contributed by atoms with E-state index in [4.69, 9.17) is 16.2 Å². The first-order chi connectivity index (χ1) is 19.9. The molecule has 1 aromatic carbocycles. The summed E-state index contributed by atoms with van der Waals surface area (Å²) in [5.41, 5.74) is 11.7. The summed E-state index contributed by atoms with van der Waals surface area (Å²) in [4.78, 5) is 46.3. The van der Waals surface area contributed by atoms with E-state index in [0.717, 1.165) is 12.0 Å². The molecule has 2 aromatic rings. The van der Waals surface area contributed by atoms with E-state index < -0.39 is 41.4 Å². The first-order valence-electron chi connectivity index (χ1n) is 13.6. The topological polar surface area (TPSA) is 217 Å². The van der Waals surface area contributed by atoms with Crippen molar-refractivity contribution < 1.29 is 24.5 Å². The highest BCUT2D eigenvalue weighted by Gasteiger charge is 2.73. The monoisotopic (exact) mass is 578 g/mol. The Morgan fingerprint density at radius 2 is 1.93 bits per heavy atom. The van der Waals surface area contributed by atoms with E-state index in [2.05, 4.69) is 44.4 Å². The van der Waals surface area contributed by atoms with Crippen LogP contribution in [0.1, 0.15) is 46.8 Å². The second kappa shape index (κ2) is 9.52. The van der Waals surface area contributed by atoms with E-state index in [1.54, 1.807) is 25.2 Å². The molecule has 1 saturated heterocycles. The maximum Gasteiger partial charge on any atom is 0.291 e. The van der Waals surface area contributed by atoms with E-state index in [1.165, 1.54) is 22.2 Å². The number of hydrogen-bond acceptors (Lipinski definition) is 13. The predicted octanol–water partition coefficient (Wildman–Crippen LogP) is -1.92. The number of aromatic nitrogens is 2.